The molecular formula is C17H23N5O3S. The van der Waals surface area contributed by atoms with Crippen LogP contribution in [0.1, 0.15) is 43.4 Å². The van der Waals surface area contributed by atoms with E-state index in [1.165, 1.54) is 16.4 Å². The molecule has 8 nitrogen and oxygen atoms in total. The summed E-state index contributed by atoms with van der Waals surface area (Å²) >= 11 is 1.18. The monoisotopic (exact) mass is 377 g/mol. The maximum absolute atomic E-state index is 12.2. The minimum atomic E-state index is -0.477. The van der Waals surface area contributed by atoms with Gasteiger partial charge in [-0.1, -0.05) is 30.8 Å². The van der Waals surface area contributed by atoms with Crippen LogP contribution in [0.15, 0.2) is 29.4 Å². The number of anilines is 1. The third-order valence-corrected chi connectivity index (χ3v) is 4.25. The first kappa shape index (κ1) is 19.8. The summed E-state index contributed by atoms with van der Waals surface area (Å²) in [7, 11) is 0. The first-order valence-corrected chi connectivity index (χ1v) is 9.33. The van der Waals surface area contributed by atoms with Gasteiger partial charge < -0.3 is 15.9 Å². The molecule has 9 heteroatoms. The number of nitrogens with two attached hydrogens (primary N) is 1. The highest BCUT2D eigenvalue weighted by Gasteiger charge is 2.16. The van der Waals surface area contributed by atoms with Gasteiger partial charge in [-0.05, 0) is 32.4 Å². The summed E-state index contributed by atoms with van der Waals surface area (Å²) in [6, 6.07) is 6.72. The molecule has 0 saturated carbocycles. The molecule has 1 amide bonds. The molecule has 0 saturated heterocycles. The van der Waals surface area contributed by atoms with Crippen LogP contribution in [0.25, 0.3) is 0 Å². The van der Waals surface area contributed by atoms with Crippen molar-refractivity contribution in [1.29, 1.82) is 0 Å². The standard InChI is InChI=1S/C17H23N5O3S/c1-4-7-14-20-21-17(22(14)18)26-10-15(23)19-13-9-6-5-8-12(13)16(24)25-11(2)3/h5-6,8-9,11H,4,7,10,18H2,1-3H3,(H,19,23). The number of nitrogens with zero attached hydrogens (tertiary/aromatic N) is 3. The summed E-state index contributed by atoms with van der Waals surface area (Å²) in [6.07, 6.45) is 1.39. The number of ether oxygens (including phenoxy) is 1. The Balaban J connectivity index is 1.99. The molecule has 0 unspecified atom stereocenters. The van der Waals surface area contributed by atoms with Gasteiger partial charge in [-0.3, -0.25) is 4.79 Å². The fourth-order valence-corrected chi connectivity index (χ4v) is 2.84. The summed E-state index contributed by atoms with van der Waals surface area (Å²) in [5.41, 5.74) is 0.719. The SMILES string of the molecule is CCCc1nnc(SCC(=O)Nc2ccccc2C(=O)OC(C)C)n1N. The lowest BCUT2D eigenvalue weighted by Crippen LogP contribution is -2.19. The summed E-state index contributed by atoms with van der Waals surface area (Å²) < 4.78 is 6.59. The van der Waals surface area contributed by atoms with E-state index in [4.69, 9.17) is 10.6 Å². The minimum Gasteiger partial charge on any atom is -0.459 e. The number of nitrogen functional groups attached to an aromatic ring is 1. The van der Waals surface area contributed by atoms with Crippen LogP contribution in [-0.2, 0) is 16.0 Å². The van der Waals surface area contributed by atoms with Crippen molar-refractivity contribution in [2.75, 3.05) is 16.9 Å². The Hall–Kier alpha value is -2.55. The molecule has 1 aromatic heterocycles. The third kappa shape index (κ3) is 5.22. The van der Waals surface area contributed by atoms with E-state index in [0.29, 0.717) is 22.2 Å². The summed E-state index contributed by atoms with van der Waals surface area (Å²) in [4.78, 5) is 24.4. The van der Waals surface area contributed by atoms with E-state index in [-0.39, 0.29) is 17.8 Å². The molecule has 0 bridgehead atoms. The summed E-state index contributed by atoms with van der Waals surface area (Å²) in [5.74, 6) is 5.93. The molecular weight excluding hydrogens is 354 g/mol. The molecule has 2 aromatic rings. The molecule has 2 rings (SSSR count). The van der Waals surface area contributed by atoms with Crippen LogP contribution in [0.3, 0.4) is 0 Å². The highest BCUT2D eigenvalue weighted by molar-refractivity contribution is 7.99. The molecule has 1 aromatic carbocycles. The fourth-order valence-electron chi connectivity index (χ4n) is 2.16. The van der Waals surface area contributed by atoms with Gasteiger partial charge in [0.05, 0.1) is 23.1 Å². The molecule has 0 aliphatic carbocycles. The number of carbonyl (C=O) groups is 2. The largest absolute Gasteiger partial charge is 0.459 e. The van der Waals surface area contributed by atoms with Crippen LogP contribution >= 0.6 is 11.8 Å². The van der Waals surface area contributed by atoms with Gasteiger partial charge in [0.2, 0.25) is 11.1 Å². The van der Waals surface area contributed by atoms with Gasteiger partial charge in [0.1, 0.15) is 0 Å². The number of nitrogens with one attached hydrogen (secondary N) is 1. The van der Waals surface area contributed by atoms with Gasteiger partial charge in [0.25, 0.3) is 0 Å². The Labute approximate surface area is 156 Å². The van der Waals surface area contributed by atoms with Gasteiger partial charge >= 0.3 is 5.97 Å². The van der Waals surface area contributed by atoms with Crippen LogP contribution in [0.4, 0.5) is 5.69 Å². The number of para-hydroxylation sites is 1. The van der Waals surface area contributed by atoms with E-state index in [0.717, 1.165) is 12.8 Å². The zero-order valence-corrected chi connectivity index (χ0v) is 15.9. The second-order valence-corrected chi connectivity index (χ2v) is 6.80. The number of benzene rings is 1. The highest BCUT2D eigenvalue weighted by Crippen LogP contribution is 2.19. The summed E-state index contributed by atoms with van der Waals surface area (Å²) in [6.45, 7) is 5.56. The van der Waals surface area contributed by atoms with Crippen molar-refractivity contribution in [1.82, 2.24) is 14.9 Å². The predicted octanol–water partition coefficient (Wildman–Crippen LogP) is 2.24. The maximum Gasteiger partial charge on any atom is 0.340 e. The smallest absolute Gasteiger partial charge is 0.340 e. The average molecular weight is 377 g/mol. The Bertz CT molecular complexity index is 776. The van der Waals surface area contributed by atoms with Crippen molar-refractivity contribution in [2.24, 2.45) is 0 Å². The fraction of sp³-hybridized carbons (Fsp3) is 0.412. The molecule has 0 fully saturated rings. The number of aryl methyl sites for hydroxylation is 1. The first-order valence-electron chi connectivity index (χ1n) is 8.34. The van der Waals surface area contributed by atoms with E-state index < -0.39 is 5.97 Å². The van der Waals surface area contributed by atoms with Crippen LogP contribution in [-0.4, -0.2) is 38.6 Å². The quantitative estimate of drug-likeness (QED) is 0.412. The lowest BCUT2D eigenvalue weighted by atomic mass is 10.2. The number of esters is 1. The van der Waals surface area contributed by atoms with Crippen LogP contribution in [0.5, 0.6) is 0 Å². The molecule has 0 atom stereocenters. The Kier molecular flexibility index (Phi) is 7.02. The lowest BCUT2D eigenvalue weighted by molar-refractivity contribution is -0.113. The van der Waals surface area contributed by atoms with E-state index >= 15 is 0 Å². The number of amides is 1. The maximum atomic E-state index is 12.2. The van der Waals surface area contributed by atoms with E-state index in [1.54, 1.807) is 38.1 Å². The molecule has 3 N–H and O–H groups in total. The normalized spacial score (nSPS) is 10.8. The van der Waals surface area contributed by atoms with Crippen molar-refractivity contribution >= 4 is 29.3 Å². The number of aromatic nitrogens is 3. The van der Waals surface area contributed by atoms with E-state index in [2.05, 4.69) is 15.5 Å². The lowest BCUT2D eigenvalue weighted by Gasteiger charge is -2.12. The zero-order valence-electron chi connectivity index (χ0n) is 15.1. The number of carbonyl (C=O) groups excluding carboxylic acids is 2. The van der Waals surface area contributed by atoms with Crippen molar-refractivity contribution < 1.29 is 14.3 Å². The van der Waals surface area contributed by atoms with E-state index in [1.807, 2.05) is 6.92 Å². The van der Waals surface area contributed by atoms with Gasteiger partial charge in [0.15, 0.2) is 5.82 Å². The Morgan fingerprint density at radius 1 is 1.31 bits per heavy atom. The molecule has 0 aliphatic rings. The second kappa shape index (κ2) is 9.23. The van der Waals surface area contributed by atoms with Crippen molar-refractivity contribution in [3.8, 4) is 0 Å². The zero-order chi connectivity index (χ0) is 19.1. The predicted molar refractivity (Wildman–Crippen MR) is 101 cm³/mol. The average Bonchev–Trinajstić information content (AvgIpc) is 2.93. The number of thioether (sulfide) groups is 1. The van der Waals surface area contributed by atoms with Crippen LogP contribution in [0.2, 0.25) is 0 Å². The molecule has 1 heterocycles. The molecule has 0 aliphatic heterocycles. The Morgan fingerprint density at radius 3 is 2.73 bits per heavy atom. The first-order chi connectivity index (χ1) is 12.4. The van der Waals surface area contributed by atoms with E-state index in [9.17, 15) is 9.59 Å². The van der Waals surface area contributed by atoms with Gasteiger partial charge in [-0.2, -0.15) is 0 Å². The van der Waals surface area contributed by atoms with Crippen LogP contribution < -0.4 is 11.2 Å². The Morgan fingerprint density at radius 2 is 2.04 bits per heavy atom. The van der Waals surface area contributed by atoms with Gasteiger partial charge in [0, 0.05) is 6.42 Å². The molecule has 26 heavy (non-hydrogen) atoms. The molecule has 140 valence electrons. The minimum absolute atomic E-state index is 0.0923. The van der Waals surface area contributed by atoms with Crippen molar-refractivity contribution in [3.63, 3.8) is 0 Å². The molecule has 0 radical (unpaired) electrons. The van der Waals surface area contributed by atoms with Gasteiger partial charge in [-0.25, -0.2) is 9.47 Å². The summed E-state index contributed by atoms with van der Waals surface area (Å²) in [5, 5.41) is 11.2. The van der Waals surface area contributed by atoms with Crippen molar-refractivity contribution in [2.45, 2.75) is 44.9 Å². The number of hydrogen-bond acceptors (Lipinski definition) is 7. The third-order valence-electron chi connectivity index (χ3n) is 3.30. The number of rotatable bonds is 8. The topological polar surface area (TPSA) is 112 Å². The second-order valence-electron chi connectivity index (χ2n) is 5.86. The van der Waals surface area contributed by atoms with Gasteiger partial charge in [-0.15, -0.1) is 10.2 Å². The molecule has 0 spiro atoms. The van der Waals surface area contributed by atoms with Crippen molar-refractivity contribution in [3.05, 3.63) is 35.7 Å². The van der Waals surface area contributed by atoms with Crippen LogP contribution in [0, 0.1) is 0 Å². The number of hydrogen-bond donors (Lipinski definition) is 2. The highest BCUT2D eigenvalue weighted by atomic mass is 32.2.